The fourth-order valence-electron chi connectivity index (χ4n) is 1.88. The SMILES string of the molecule is COc1cc(OC)c(C(=O)/C=C/c2cccnc2)c(O)c1Br. The van der Waals surface area contributed by atoms with Gasteiger partial charge in [-0.25, -0.2) is 0 Å². The van der Waals surface area contributed by atoms with Crippen LogP contribution >= 0.6 is 15.9 Å². The number of aromatic hydroxyl groups is 1. The summed E-state index contributed by atoms with van der Waals surface area (Å²) >= 11 is 3.20. The first-order chi connectivity index (χ1) is 10.6. The molecule has 0 amide bonds. The lowest BCUT2D eigenvalue weighted by molar-refractivity contribution is 0.104. The number of pyridine rings is 1. The van der Waals surface area contributed by atoms with Crippen LogP contribution in [-0.4, -0.2) is 30.1 Å². The van der Waals surface area contributed by atoms with Crippen molar-refractivity contribution in [1.82, 2.24) is 4.98 Å². The molecule has 0 fully saturated rings. The maximum Gasteiger partial charge on any atom is 0.193 e. The average Bonchev–Trinajstić information content (AvgIpc) is 2.55. The van der Waals surface area contributed by atoms with Crippen molar-refractivity contribution in [1.29, 1.82) is 0 Å². The molecule has 22 heavy (non-hydrogen) atoms. The van der Waals surface area contributed by atoms with E-state index in [0.29, 0.717) is 10.2 Å². The van der Waals surface area contributed by atoms with Crippen molar-refractivity contribution >= 4 is 27.8 Å². The van der Waals surface area contributed by atoms with Crippen molar-refractivity contribution in [2.75, 3.05) is 14.2 Å². The molecule has 0 spiro atoms. The molecule has 6 heteroatoms. The summed E-state index contributed by atoms with van der Waals surface area (Å²) in [7, 11) is 2.88. The first-order valence-electron chi connectivity index (χ1n) is 6.34. The van der Waals surface area contributed by atoms with Crippen molar-refractivity contribution in [2.24, 2.45) is 0 Å². The van der Waals surface area contributed by atoms with Crippen molar-refractivity contribution in [3.63, 3.8) is 0 Å². The Bertz CT molecular complexity index is 714. The minimum absolute atomic E-state index is 0.0651. The molecule has 1 aromatic carbocycles. The number of nitrogens with zero attached hydrogens (tertiary/aromatic N) is 1. The lowest BCUT2D eigenvalue weighted by Crippen LogP contribution is -2.01. The van der Waals surface area contributed by atoms with E-state index in [1.165, 1.54) is 26.4 Å². The summed E-state index contributed by atoms with van der Waals surface area (Å²) in [6.07, 6.45) is 6.25. The Morgan fingerprint density at radius 3 is 2.64 bits per heavy atom. The number of hydrogen-bond donors (Lipinski definition) is 1. The molecule has 114 valence electrons. The van der Waals surface area contributed by atoms with E-state index in [2.05, 4.69) is 20.9 Å². The monoisotopic (exact) mass is 363 g/mol. The Morgan fingerprint density at radius 1 is 1.32 bits per heavy atom. The zero-order valence-corrected chi connectivity index (χ0v) is 13.6. The molecule has 1 heterocycles. The molecule has 0 saturated heterocycles. The normalized spacial score (nSPS) is 10.7. The van der Waals surface area contributed by atoms with Crippen LogP contribution in [0.3, 0.4) is 0 Å². The summed E-state index contributed by atoms with van der Waals surface area (Å²) in [5, 5.41) is 10.2. The van der Waals surface area contributed by atoms with Gasteiger partial charge in [-0.05, 0) is 39.7 Å². The quantitative estimate of drug-likeness (QED) is 0.650. The highest BCUT2D eigenvalue weighted by atomic mass is 79.9. The maximum atomic E-state index is 12.4. The van der Waals surface area contributed by atoms with Gasteiger partial charge in [0.25, 0.3) is 0 Å². The van der Waals surface area contributed by atoms with Gasteiger partial charge < -0.3 is 14.6 Å². The highest BCUT2D eigenvalue weighted by Crippen LogP contribution is 2.42. The van der Waals surface area contributed by atoms with Crippen molar-refractivity contribution in [3.05, 3.63) is 52.3 Å². The van der Waals surface area contributed by atoms with Crippen LogP contribution in [0.1, 0.15) is 15.9 Å². The van der Waals surface area contributed by atoms with Gasteiger partial charge in [0.1, 0.15) is 27.3 Å². The van der Waals surface area contributed by atoms with Gasteiger partial charge in [-0.2, -0.15) is 0 Å². The van der Waals surface area contributed by atoms with Gasteiger partial charge in [0, 0.05) is 18.5 Å². The minimum Gasteiger partial charge on any atom is -0.506 e. The van der Waals surface area contributed by atoms with Crippen molar-refractivity contribution in [3.8, 4) is 17.2 Å². The van der Waals surface area contributed by atoms with Crippen LogP contribution in [0.2, 0.25) is 0 Å². The number of halogens is 1. The number of aromatic nitrogens is 1. The fourth-order valence-corrected chi connectivity index (χ4v) is 2.35. The third-order valence-electron chi connectivity index (χ3n) is 2.97. The number of carbonyl (C=O) groups is 1. The molecule has 0 aliphatic carbocycles. The smallest absolute Gasteiger partial charge is 0.193 e. The van der Waals surface area contributed by atoms with E-state index in [-0.39, 0.29) is 22.8 Å². The number of ketones is 1. The van der Waals surface area contributed by atoms with E-state index < -0.39 is 0 Å². The molecule has 0 aliphatic heterocycles. The largest absolute Gasteiger partial charge is 0.506 e. The van der Waals surface area contributed by atoms with Crippen LogP contribution in [-0.2, 0) is 0 Å². The van der Waals surface area contributed by atoms with Crippen LogP contribution < -0.4 is 9.47 Å². The summed E-state index contributed by atoms with van der Waals surface area (Å²) in [4.78, 5) is 16.3. The van der Waals surface area contributed by atoms with E-state index >= 15 is 0 Å². The molecule has 2 aromatic rings. The molecule has 5 nitrogen and oxygen atoms in total. The van der Waals surface area contributed by atoms with Crippen molar-refractivity contribution in [2.45, 2.75) is 0 Å². The second-order valence-electron chi connectivity index (χ2n) is 4.30. The van der Waals surface area contributed by atoms with Crippen LogP contribution in [0.4, 0.5) is 0 Å². The van der Waals surface area contributed by atoms with Gasteiger partial charge in [0.15, 0.2) is 5.78 Å². The van der Waals surface area contributed by atoms with Gasteiger partial charge in [-0.1, -0.05) is 6.07 Å². The van der Waals surface area contributed by atoms with Gasteiger partial charge in [-0.3, -0.25) is 9.78 Å². The molecule has 0 radical (unpaired) electrons. The van der Waals surface area contributed by atoms with Crippen LogP contribution in [0.25, 0.3) is 6.08 Å². The standard InChI is InChI=1S/C16H14BrNO4/c1-21-12-8-13(22-2)15(17)16(20)14(12)11(19)6-5-10-4-3-7-18-9-10/h3-9,20H,1-2H3/b6-5+. The summed E-state index contributed by atoms with van der Waals surface area (Å²) < 4.78 is 10.6. The predicted molar refractivity (Wildman–Crippen MR) is 86.5 cm³/mol. The van der Waals surface area contributed by atoms with E-state index in [1.54, 1.807) is 24.5 Å². The van der Waals surface area contributed by atoms with Crippen LogP contribution in [0.15, 0.2) is 41.1 Å². The van der Waals surface area contributed by atoms with Gasteiger partial charge >= 0.3 is 0 Å². The molecular weight excluding hydrogens is 350 g/mol. The third kappa shape index (κ3) is 3.28. The average molecular weight is 364 g/mol. The van der Waals surface area contributed by atoms with E-state index in [1.807, 2.05) is 6.07 Å². The Kier molecular flexibility index (Phi) is 5.16. The number of rotatable bonds is 5. The molecule has 2 rings (SSSR count). The molecule has 1 aromatic heterocycles. The second kappa shape index (κ2) is 7.09. The molecule has 0 bridgehead atoms. The van der Waals surface area contributed by atoms with Crippen LogP contribution in [0.5, 0.6) is 17.2 Å². The Hall–Kier alpha value is -2.34. The lowest BCUT2D eigenvalue weighted by atomic mass is 10.1. The summed E-state index contributed by atoms with van der Waals surface area (Å²) in [6, 6.07) is 5.12. The number of hydrogen-bond acceptors (Lipinski definition) is 5. The van der Waals surface area contributed by atoms with E-state index in [4.69, 9.17) is 9.47 Å². The predicted octanol–water partition coefficient (Wildman–Crippen LogP) is 3.46. The molecule has 1 N–H and O–H groups in total. The van der Waals surface area contributed by atoms with Gasteiger partial charge in [0.2, 0.25) is 0 Å². The zero-order chi connectivity index (χ0) is 16.1. The molecular formula is C16H14BrNO4. The van der Waals surface area contributed by atoms with Gasteiger partial charge in [-0.15, -0.1) is 0 Å². The number of phenols is 1. The number of benzene rings is 1. The minimum atomic E-state index is -0.387. The maximum absolute atomic E-state index is 12.4. The molecule has 0 unspecified atom stereocenters. The Morgan fingerprint density at radius 2 is 2.05 bits per heavy atom. The van der Waals surface area contributed by atoms with Crippen LogP contribution in [0, 0.1) is 0 Å². The fraction of sp³-hybridized carbons (Fsp3) is 0.125. The number of ether oxygens (including phenoxy) is 2. The topological polar surface area (TPSA) is 68.7 Å². The number of phenolic OH excluding ortho intramolecular Hbond substituents is 1. The first-order valence-corrected chi connectivity index (χ1v) is 7.13. The molecule has 0 saturated carbocycles. The summed E-state index contributed by atoms with van der Waals surface area (Å²) in [5.74, 6) is -0.000816. The van der Waals surface area contributed by atoms with E-state index in [0.717, 1.165) is 5.56 Å². The summed E-state index contributed by atoms with van der Waals surface area (Å²) in [6.45, 7) is 0. The first kappa shape index (κ1) is 16.0. The highest BCUT2D eigenvalue weighted by Gasteiger charge is 2.21. The third-order valence-corrected chi connectivity index (χ3v) is 3.73. The molecule has 0 atom stereocenters. The Labute approximate surface area is 136 Å². The number of methoxy groups -OCH3 is 2. The van der Waals surface area contributed by atoms with Gasteiger partial charge in [0.05, 0.1) is 14.2 Å². The van der Waals surface area contributed by atoms with E-state index in [9.17, 15) is 9.90 Å². The number of allylic oxidation sites excluding steroid dienone is 1. The second-order valence-corrected chi connectivity index (χ2v) is 5.10. The highest BCUT2D eigenvalue weighted by molar-refractivity contribution is 9.10. The number of carbonyl (C=O) groups excluding carboxylic acids is 1. The Balaban J connectivity index is 2.41. The summed E-state index contributed by atoms with van der Waals surface area (Å²) in [5.41, 5.74) is 0.845. The lowest BCUT2D eigenvalue weighted by Gasteiger charge is -2.12. The van der Waals surface area contributed by atoms with Crippen molar-refractivity contribution < 1.29 is 19.4 Å². The molecule has 0 aliphatic rings. The zero-order valence-electron chi connectivity index (χ0n) is 12.0.